The lowest BCUT2D eigenvalue weighted by Crippen LogP contribution is -2.68. The minimum atomic E-state index is -4.37. The van der Waals surface area contributed by atoms with E-state index in [2.05, 4.69) is 14.4 Å². The van der Waals surface area contributed by atoms with Crippen molar-refractivity contribution in [1.29, 1.82) is 0 Å². The van der Waals surface area contributed by atoms with Crippen molar-refractivity contribution >= 4 is 48.9 Å². The topological polar surface area (TPSA) is 142 Å². The maximum atomic E-state index is 14.3. The highest BCUT2D eigenvalue weighted by Crippen LogP contribution is 2.61. The number of amides is 1. The van der Waals surface area contributed by atoms with Crippen LogP contribution in [0.1, 0.15) is 38.2 Å². The lowest BCUT2D eigenvalue weighted by atomic mass is 9.63. The Bertz CT molecular complexity index is 1670. The molecule has 13 heteroatoms. The summed E-state index contributed by atoms with van der Waals surface area (Å²) in [6, 6.07) is 9.77. The molecule has 0 aromatic heterocycles. The highest BCUT2D eigenvalue weighted by molar-refractivity contribution is 7.92. The average molecular weight is 589 g/mol. The normalized spacial score (nSPS) is 30.4. The van der Waals surface area contributed by atoms with Crippen molar-refractivity contribution in [1.82, 2.24) is 4.90 Å². The van der Waals surface area contributed by atoms with Crippen LogP contribution in [0.3, 0.4) is 0 Å². The van der Waals surface area contributed by atoms with Gasteiger partial charge in [0.05, 0.1) is 17.5 Å². The Morgan fingerprint density at radius 3 is 2.55 bits per heavy atom. The van der Waals surface area contributed by atoms with Gasteiger partial charge in [-0.05, 0) is 73.4 Å². The summed E-state index contributed by atoms with van der Waals surface area (Å²) < 4.78 is 69.5. The molecule has 10 nitrogen and oxygen atoms in total. The number of hydrogen-bond donors (Lipinski definition) is 2. The second-order valence-electron chi connectivity index (χ2n) is 11.1. The van der Waals surface area contributed by atoms with Crippen LogP contribution >= 0.6 is 0 Å². The number of carbonyl (C=O) groups is 2. The number of nitrogens with zero attached hydrogens (tertiary/aromatic N) is 2. The summed E-state index contributed by atoms with van der Waals surface area (Å²) in [5, 5.41) is 2.90. The first-order chi connectivity index (χ1) is 18.8. The number of benzene rings is 2. The predicted molar refractivity (Wildman–Crippen MR) is 146 cm³/mol. The summed E-state index contributed by atoms with van der Waals surface area (Å²) in [4.78, 5) is 29.9. The molecule has 4 aliphatic rings. The Balaban J connectivity index is 1.42. The van der Waals surface area contributed by atoms with Gasteiger partial charge in [-0.3, -0.25) is 14.3 Å². The van der Waals surface area contributed by atoms with Gasteiger partial charge in [0, 0.05) is 18.2 Å². The van der Waals surface area contributed by atoms with Crippen LogP contribution in [0.4, 0.5) is 15.8 Å². The van der Waals surface area contributed by atoms with Crippen molar-refractivity contribution in [3.8, 4) is 0 Å². The molecule has 0 radical (unpaired) electrons. The second-order valence-corrected chi connectivity index (χ2v) is 14.5. The van der Waals surface area contributed by atoms with Crippen LogP contribution in [0.25, 0.3) is 0 Å². The van der Waals surface area contributed by atoms with E-state index in [9.17, 15) is 30.8 Å². The molecule has 2 bridgehead atoms. The molecule has 40 heavy (non-hydrogen) atoms. The van der Waals surface area contributed by atoms with Gasteiger partial charge in [0.15, 0.2) is 11.7 Å². The molecule has 3 fully saturated rings. The molecule has 1 amide bonds. The number of piperidine rings is 1. The van der Waals surface area contributed by atoms with Gasteiger partial charge in [0.2, 0.25) is 15.9 Å². The van der Waals surface area contributed by atoms with Crippen LogP contribution in [-0.2, 0) is 36.2 Å². The lowest BCUT2D eigenvalue weighted by molar-refractivity contribution is -0.164. The number of anilines is 2. The molecule has 2 aromatic rings. The smallest absolute Gasteiger partial charge is 0.286 e. The molecule has 212 valence electrons. The van der Waals surface area contributed by atoms with Crippen molar-refractivity contribution in [2.75, 3.05) is 16.3 Å². The van der Waals surface area contributed by atoms with E-state index >= 15 is 0 Å². The number of likely N-dealkylation sites (tertiary alicyclic amines) is 1. The Kier molecular flexibility index (Phi) is 6.11. The molecular formula is C27H29FN4O6S2. The maximum absolute atomic E-state index is 14.3. The SMILES string of the molecule is CCC12C3CCC(C3)C1C(=O)C(C1=NS(=O)(=O)c3cc(NS(C)(=O)=O)ccc3N1)C(=O)N2Cc1ccc(F)cc1. The van der Waals surface area contributed by atoms with E-state index < -0.39 is 49.1 Å². The molecule has 6 rings (SSSR count). The predicted octanol–water partition coefficient (Wildman–Crippen LogP) is 3.13. The minimum Gasteiger partial charge on any atom is -0.341 e. The number of carbonyl (C=O) groups excluding carboxylic acids is 2. The number of nitrogens with one attached hydrogen (secondary N) is 2. The quantitative estimate of drug-likeness (QED) is 0.494. The molecule has 2 aliphatic carbocycles. The first-order valence-corrected chi connectivity index (χ1v) is 16.5. The van der Waals surface area contributed by atoms with Crippen LogP contribution in [-0.4, -0.2) is 51.1 Å². The van der Waals surface area contributed by atoms with E-state index in [4.69, 9.17) is 0 Å². The summed E-state index contributed by atoms with van der Waals surface area (Å²) in [6.07, 6.45) is 4.11. The van der Waals surface area contributed by atoms with E-state index in [0.29, 0.717) is 12.0 Å². The number of sulfonamides is 2. The summed E-state index contributed by atoms with van der Waals surface area (Å²) in [6.45, 7) is 2.14. The zero-order valence-corrected chi connectivity index (χ0v) is 23.6. The molecule has 2 aromatic carbocycles. The van der Waals surface area contributed by atoms with Crippen LogP contribution in [0.15, 0.2) is 51.8 Å². The number of rotatable bonds is 6. The molecule has 2 aliphatic heterocycles. The molecular weight excluding hydrogens is 559 g/mol. The summed E-state index contributed by atoms with van der Waals surface area (Å²) in [7, 11) is -8.03. The first-order valence-electron chi connectivity index (χ1n) is 13.2. The van der Waals surface area contributed by atoms with E-state index in [1.54, 1.807) is 17.0 Å². The molecule has 2 N–H and O–H groups in total. The number of fused-ring (bicyclic) bond motifs is 6. The summed E-state index contributed by atoms with van der Waals surface area (Å²) in [5.74, 6) is -3.19. The lowest BCUT2D eigenvalue weighted by Gasteiger charge is -2.55. The zero-order chi connectivity index (χ0) is 28.6. The molecule has 0 spiro atoms. The van der Waals surface area contributed by atoms with Gasteiger partial charge in [0.25, 0.3) is 10.0 Å². The maximum Gasteiger partial charge on any atom is 0.286 e. The van der Waals surface area contributed by atoms with Gasteiger partial charge in [-0.2, -0.15) is 8.42 Å². The Morgan fingerprint density at radius 1 is 1.15 bits per heavy atom. The van der Waals surface area contributed by atoms with Crippen LogP contribution in [0.2, 0.25) is 0 Å². The summed E-state index contributed by atoms with van der Waals surface area (Å²) in [5.41, 5.74) is 0.144. The third-order valence-electron chi connectivity index (χ3n) is 8.93. The average Bonchev–Trinajstić information content (AvgIpc) is 3.48. The van der Waals surface area contributed by atoms with Gasteiger partial charge in [-0.1, -0.05) is 19.1 Å². The fraction of sp³-hybridized carbons (Fsp3) is 0.444. The van der Waals surface area contributed by atoms with Crippen LogP contribution in [0, 0.1) is 29.5 Å². The number of amidine groups is 1. The second kappa shape index (κ2) is 9.10. The number of Topliss-reactive ketones (excluding diaryl/α,β-unsaturated/α-hetero) is 1. The van der Waals surface area contributed by atoms with E-state index in [-0.39, 0.29) is 46.3 Å². The van der Waals surface area contributed by atoms with Gasteiger partial charge in [-0.25, -0.2) is 12.8 Å². The van der Waals surface area contributed by atoms with Gasteiger partial charge in [0.1, 0.15) is 16.5 Å². The number of hydrogen-bond acceptors (Lipinski definition) is 7. The highest BCUT2D eigenvalue weighted by Gasteiger charge is 2.68. The molecule has 5 unspecified atom stereocenters. The van der Waals surface area contributed by atoms with E-state index in [1.165, 1.54) is 24.3 Å². The van der Waals surface area contributed by atoms with E-state index in [0.717, 1.165) is 31.6 Å². The third kappa shape index (κ3) is 4.12. The fourth-order valence-corrected chi connectivity index (χ4v) is 9.23. The molecule has 2 heterocycles. The standard InChI is InChI=1S/C27H29FN4O6S2/c1-3-27-17-7-6-16(12-17)23(27)24(33)22(26(34)32(27)14-15-4-8-18(28)9-5-15)25-29-20-11-10-19(30-39(2,35)36)13-21(20)40(37,38)31-25/h4-5,8-11,13,16-17,22-23,30H,3,6-7,12,14H2,1-2H3,(H,29,31). The number of halogens is 1. The van der Waals surface area contributed by atoms with Crippen molar-refractivity contribution in [2.24, 2.45) is 28.1 Å². The van der Waals surface area contributed by atoms with Gasteiger partial charge < -0.3 is 10.2 Å². The van der Waals surface area contributed by atoms with Crippen molar-refractivity contribution < 1.29 is 30.8 Å². The van der Waals surface area contributed by atoms with Crippen LogP contribution in [0.5, 0.6) is 0 Å². The summed E-state index contributed by atoms with van der Waals surface area (Å²) >= 11 is 0. The Hall–Kier alpha value is -3.32. The Labute approximate surface area is 232 Å². The first kappa shape index (κ1) is 26.9. The van der Waals surface area contributed by atoms with Gasteiger partial charge >= 0.3 is 0 Å². The van der Waals surface area contributed by atoms with Crippen LogP contribution < -0.4 is 10.0 Å². The third-order valence-corrected chi connectivity index (χ3v) is 10.9. The van der Waals surface area contributed by atoms with Crippen molar-refractivity contribution in [2.45, 2.75) is 49.6 Å². The zero-order valence-electron chi connectivity index (χ0n) is 21.9. The molecule has 1 saturated heterocycles. The highest BCUT2D eigenvalue weighted by atomic mass is 32.2. The van der Waals surface area contributed by atoms with Crippen molar-refractivity contribution in [3.05, 3.63) is 53.8 Å². The molecule has 2 saturated carbocycles. The largest absolute Gasteiger partial charge is 0.341 e. The van der Waals surface area contributed by atoms with E-state index in [1.807, 2.05) is 6.92 Å². The van der Waals surface area contributed by atoms with Gasteiger partial charge in [-0.15, -0.1) is 4.40 Å². The Morgan fingerprint density at radius 2 is 1.88 bits per heavy atom. The number of ketones is 1. The fourth-order valence-electron chi connectivity index (χ4n) is 7.49. The molecule has 5 atom stereocenters. The minimum absolute atomic E-state index is 0.0373. The monoisotopic (exact) mass is 588 g/mol. The van der Waals surface area contributed by atoms with Crippen molar-refractivity contribution in [3.63, 3.8) is 0 Å².